The smallest absolute Gasteiger partial charge is 0.259 e. The fourth-order valence-electron chi connectivity index (χ4n) is 1.82. The maximum atomic E-state index is 13.8. The van der Waals surface area contributed by atoms with E-state index in [1.807, 2.05) is 5.32 Å². The third-order valence-electron chi connectivity index (χ3n) is 2.96. The Morgan fingerprint density at radius 2 is 2.17 bits per heavy atom. The van der Waals surface area contributed by atoms with Gasteiger partial charge in [0.1, 0.15) is 5.82 Å². The van der Waals surface area contributed by atoms with Gasteiger partial charge in [-0.1, -0.05) is 11.6 Å². The van der Waals surface area contributed by atoms with Crippen molar-refractivity contribution in [3.8, 4) is 5.75 Å². The molecule has 2 aromatic rings. The third-order valence-corrected chi connectivity index (χ3v) is 3.25. The fraction of sp³-hybridized carbons (Fsp3) is 0.0714. The summed E-state index contributed by atoms with van der Waals surface area (Å²) in [5, 5.41) is 4.46. The maximum absolute atomic E-state index is 13.8. The number of carbonyl (C=O) groups excluding carboxylic acids is 2. The Labute approximate surface area is 134 Å². The van der Waals surface area contributed by atoms with Crippen LogP contribution in [0.15, 0.2) is 24.4 Å². The number of aryl methyl sites for hydroxylation is 1. The number of carbonyl (C=O) groups is 2. The molecule has 0 bridgehead atoms. The number of halogens is 3. The maximum Gasteiger partial charge on any atom is 0.259 e. The zero-order chi connectivity index (χ0) is 17.0. The average Bonchev–Trinajstić information content (AvgIpc) is 2.52. The second kappa shape index (κ2) is 7.01. The molecule has 0 unspecified atom stereocenters. The Hall–Kier alpha value is -2.74. The van der Waals surface area contributed by atoms with Gasteiger partial charge >= 0.3 is 0 Å². The van der Waals surface area contributed by atoms with Gasteiger partial charge in [0.05, 0.1) is 16.9 Å². The van der Waals surface area contributed by atoms with E-state index in [1.54, 1.807) is 13.0 Å². The number of benzene rings is 1. The van der Waals surface area contributed by atoms with Crippen LogP contribution in [0, 0.1) is 12.7 Å². The first-order chi connectivity index (χ1) is 11.0. The highest BCUT2D eigenvalue weighted by molar-refractivity contribution is 6.33. The molecule has 0 atom stereocenters. The second-order valence-corrected chi connectivity index (χ2v) is 4.77. The number of rotatable bonds is 5. The van der Waals surface area contributed by atoms with Crippen molar-refractivity contribution >= 4 is 35.3 Å². The zero-order valence-electron chi connectivity index (χ0n) is 11.7. The second-order valence-electron chi connectivity index (χ2n) is 4.42. The number of amides is 2. The molecule has 2 amide bonds. The molecule has 23 heavy (non-hydrogen) atoms. The van der Waals surface area contributed by atoms with Crippen LogP contribution >= 0.6 is 11.6 Å². The van der Waals surface area contributed by atoms with E-state index in [0.29, 0.717) is 5.56 Å². The average molecular weight is 342 g/mol. The van der Waals surface area contributed by atoms with Crippen molar-refractivity contribution in [1.82, 2.24) is 4.98 Å². The first kappa shape index (κ1) is 16.6. The van der Waals surface area contributed by atoms with E-state index in [0.717, 1.165) is 12.1 Å². The lowest BCUT2D eigenvalue weighted by Gasteiger charge is -2.12. The lowest BCUT2D eigenvalue weighted by Crippen LogP contribution is -2.15. The first-order valence-electron chi connectivity index (χ1n) is 6.22. The molecule has 1 heterocycles. The standard InChI is InChI=1S/C14H10ClF2N3O3/c1-7-2-3-18-13(15)12(7)20-14(22)8-4-9(16)10(19-6-21)5-11(8)23-17/h2-6H,1H3,(H,19,21)(H,20,22). The Kier molecular flexibility index (Phi) is 5.07. The van der Waals surface area contributed by atoms with Crippen molar-refractivity contribution in [2.24, 2.45) is 0 Å². The number of pyridine rings is 1. The van der Waals surface area contributed by atoms with E-state index in [-0.39, 0.29) is 22.9 Å². The minimum atomic E-state index is -0.933. The number of anilines is 2. The summed E-state index contributed by atoms with van der Waals surface area (Å²) in [6.45, 7) is 1.67. The molecule has 9 heteroatoms. The Morgan fingerprint density at radius 3 is 2.78 bits per heavy atom. The molecule has 0 fully saturated rings. The molecular formula is C14H10ClF2N3O3. The van der Waals surface area contributed by atoms with Gasteiger partial charge < -0.3 is 10.6 Å². The minimum absolute atomic E-state index is 0.0285. The summed E-state index contributed by atoms with van der Waals surface area (Å²) >= 11 is 5.88. The van der Waals surface area contributed by atoms with Crippen LogP contribution in [-0.2, 0) is 4.79 Å². The topological polar surface area (TPSA) is 80.3 Å². The third kappa shape index (κ3) is 3.54. The predicted molar refractivity (Wildman–Crippen MR) is 79.8 cm³/mol. The van der Waals surface area contributed by atoms with Crippen LogP contribution in [0.5, 0.6) is 5.75 Å². The minimum Gasteiger partial charge on any atom is -0.326 e. The van der Waals surface area contributed by atoms with Gasteiger partial charge in [-0.25, -0.2) is 9.37 Å². The Morgan fingerprint density at radius 1 is 1.43 bits per heavy atom. The summed E-state index contributed by atoms with van der Waals surface area (Å²) in [5.74, 6) is -2.35. The Bertz CT molecular complexity index is 751. The summed E-state index contributed by atoms with van der Waals surface area (Å²) in [5.41, 5.74) is 0.0702. The molecule has 0 aliphatic rings. The van der Waals surface area contributed by atoms with E-state index in [2.05, 4.69) is 15.2 Å². The molecule has 0 aliphatic heterocycles. The van der Waals surface area contributed by atoms with Crippen LogP contribution in [0.2, 0.25) is 5.15 Å². The van der Waals surface area contributed by atoms with Crippen molar-refractivity contribution < 1.29 is 23.4 Å². The molecule has 0 radical (unpaired) electrons. The van der Waals surface area contributed by atoms with Crippen LogP contribution < -0.4 is 15.6 Å². The quantitative estimate of drug-likeness (QED) is 0.646. The van der Waals surface area contributed by atoms with Gasteiger partial charge in [-0.3, -0.25) is 14.5 Å². The van der Waals surface area contributed by atoms with Gasteiger partial charge in [-0.15, -0.1) is 0 Å². The number of aromatic nitrogens is 1. The van der Waals surface area contributed by atoms with Crippen molar-refractivity contribution in [2.75, 3.05) is 10.6 Å². The molecule has 0 saturated carbocycles. The normalized spacial score (nSPS) is 10.1. The molecular weight excluding hydrogens is 332 g/mol. The summed E-state index contributed by atoms with van der Waals surface area (Å²) in [4.78, 5) is 29.9. The number of hydrogen-bond acceptors (Lipinski definition) is 4. The summed E-state index contributed by atoms with van der Waals surface area (Å²) in [7, 11) is 0. The predicted octanol–water partition coefficient (Wildman–Crippen LogP) is 3.27. The van der Waals surface area contributed by atoms with Gasteiger partial charge in [0.2, 0.25) is 6.41 Å². The summed E-state index contributed by atoms with van der Waals surface area (Å²) < 4.78 is 26.4. The molecule has 6 nitrogen and oxygen atoms in total. The van der Waals surface area contributed by atoms with Crippen molar-refractivity contribution in [3.05, 3.63) is 46.5 Å². The van der Waals surface area contributed by atoms with Gasteiger partial charge in [0.25, 0.3) is 5.91 Å². The van der Waals surface area contributed by atoms with Gasteiger partial charge in [-0.2, -0.15) is 0 Å². The molecule has 0 aliphatic carbocycles. The summed E-state index contributed by atoms with van der Waals surface area (Å²) in [6.07, 6.45) is 1.65. The highest BCUT2D eigenvalue weighted by Crippen LogP contribution is 2.29. The molecule has 1 aromatic heterocycles. The number of hydrogen-bond donors (Lipinski definition) is 2. The van der Waals surface area contributed by atoms with E-state index < -0.39 is 23.0 Å². The summed E-state index contributed by atoms with van der Waals surface area (Å²) in [6, 6.07) is 3.18. The van der Waals surface area contributed by atoms with Crippen LogP contribution in [0.1, 0.15) is 15.9 Å². The van der Waals surface area contributed by atoms with E-state index in [9.17, 15) is 18.5 Å². The zero-order valence-corrected chi connectivity index (χ0v) is 12.4. The Balaban J connectivity index is 2.39. The van der Waals surface area contributed by atoms with Gasteiger partial charge in [0.15, 0.2) is 10.9 Å². The first-order valence-corrected chi connectivity index (χ1v) is 6.60. The number of nitrogens with zero attached hydrogens (tertiary/aromatic N) is 1. The highest BCUT2D eigenvalue weighted by atomic mass is 35.5. The SMILES string of the molecule is Cc1ccnc(Cl)c1NC(=O)c1cc(F)c(NC=O)cc1OF. The lowest BCUT2D eigenvalue weighted by atomic mass is 10.1. The van der Waals surface area contributed by atoms with E-state index in [1.165, 1.54) is 6.20 Å². The van der Waals surface area contributed by atoms with Crippen molar-refractivity contribution in [3.63, 3.8) is 0 Å². The molecule has 2 N–H and O–H groups in total. The largest absolute Gasteiger partial charge is 0.326 e. The molecule has 2 rings (SSSR count). The molecule has 120 valence electrons. The number of nitrogens with one attached hydrogen (secondary N) is 2. The monoisotopic (exact) mass is 341 g/mol. The lowest BCUT2D eigenvalue weighted by molar-refractivity contribution is -0.105. The van der Waals surface area contributed by atoms with Crippen molar-refractivity contribution in [2.45, 2.75) is 6.92 Å². The van der Waals surface area contributed by atoms with Crippen molar-refractivity contribution in [1.29, 1.82) is 0 Å². The fourth-order valence-corrected chi connectivity index (χ4v) is 2.08. The molecule has 1 aromatic carbocycles. The van der Waals surface area contributed by atoms with E-state index >= 15 is 0 Å². The van der Waals surface area contributed by atoms with E-state index in [4.69, 9.17) is 11.6 Å². The van der Waals surface area contributed by atoms with Crippen LogP contribution in [0.25, 0.3) is 0 Å². The molecule has 0 saturated heterocycles. The van der Waals surface area contributed by atoms with Crippen LogP contribution in [-0.4, -0.2) is 17.3 Å². The van der Waals surface area contributed by atoms with Gasteiger partial charge in [-0.05, 0) is 24.6 Å². The highest BCUT2D eigenvalue weighted by Gasteiger charge is 2.20. The van der Waals surface area contributed by atoms with Gasteiger partial charge in [0, 0.05) is 16.8 Å². The molecule has 0 spiro atoms. The van der Waals surface area contributed by atoms with Crippen LogP contribution in [0.3, 0.4) is 0 Å². The van der Waals surface area contributed by atoms with Crippen LogP contribution in [0.4, 0.5) is 20.3 Å².